The van der Waals surface area contributed by atoms with Crippen LogP contribution in [0.5, 0.6) is 0 Å². The molecular weight excluding hydrogens is 256 g/mol. The maximum Gasteiger partial charge on any atom is 0.0979 e. The Morgan fingerprint density at radius 3 is 2.59 bits per heavy atom. The fraction of sp³-hybridized carbons (Fsp3) is 0.538. The minimum Gasteiger partial charge on any atom is -0.390 e. The molecule has 2 bridgehead atoms. The van der Waals surface area contributed by atoms with E-state index in [0.29, 0.717) is 0 Å². The van der Waals surface area contributed by atoms with Crippen LogP contribution in [0.25, 0.3) is 0 Å². The number of aliphatic hydroxyl groups excluding tert-OH is 1. The van der Waals surface area contributed by atoms with E-state index in [9.17, 15) is 5.11 Å². The number of alkyl halides is 1. The van der Waals surface area contributed by atoms with Gasteiger partial charge in [-0.3, -0.25) is 0 Å². The number of benzene rings is 1. The number of hydrogen-bond donors (Lipinski definition) is 1. The fourth-order valence-electron chi connectivity index (χ4n) is 2.67. The first kappa shape index (κ1) is 11.8. The van der Waals surface area contributed by atoms with Crippen LogP contribution >= 0.6 is 23.4 Å². The molecule has 0 spiro atoms. The van der Waals surface area contributed by atoms with E-state index < -0.39 is 0 Å². The quantitative estimate of drug-likeness (QED) is 0.838. The molecule has 0 unspecified atom stereocenters. The number of fused-ring (bicyclic) bond motifs is 2. The van der Waals surface area contributed by atoms with Crippen LogP contribution in [0.2, 0.25) is 0 Å². The van der Waals surface area contributed by atoms with Gasteiger partial charge in [-0.2, -0.15) is 0 Å². The Bertz CT molecular complexity index is 400. The van der Waals surface area contributed by atoms with Crippen LogP contribution < -0.4 is 0 Å². The molecule has 1 aromatic rings. The predicted octanol–water partition coefficient (Wildman–Crippen LogP) is 2.53. The van der Waals surface area contributed by atoms with Crippen LogP contribution in [0.15, 0.2) is 35.2 Å². The number of ether oxygens (including phenoxy) is 1. The Hall–Kier alpha value is -0.220. The highest BCUT2D eigenvalue weighted by atomic mass is 35.5. The van der Waals surface area contributed by atoms with Crippen molar-refractivity contribution >= 4 is 23.4 Å². The summed E-state index contributed by atoms with van der Waals surface area (Å²) < 4.78 is 5.79. The van der Waals surface area contributed by atoms with E-state index in [1.54, 1.807) is 11.8 Å². The second-order valence-electron chi connectivity index (χ2n) is 4.75. The molecule has 1 aromatic carbocycles. The van der Waals surface area contributed by atoms with Crippen LogP contribution in [0.4, 0.5) is 0 Å². The Morgan fingerprint density at radius 1 is 1.24 bits per heavy atom. The fourth-order valence-corrected chi connectivity index (χ4v) is 4.53. The zero-order valence-electron chi connectivity index (χ0n) is 9.49. The molecule has 0 aliphatic carbocycles. The molecule has 2 nitrogen and oxygen atoms in total. The summed E-state index contributed by atoms with van der Waals surface area (Å²) in [6.45, 7) is 2.01. The van der Waals surface area contributed by atoms with Gasteiger partial charge in [-0.25, -0.2) is 0 Å². The van der Waals surface area contributed by atoms with Crippen molar-refractivity contribution < 1.29 is 9.84 Å². The van der Waals surface area contributed by atoms with Crippen molar-refractivity contribution in [1.29, 1.82) is 0 Å². The van der Waals surface area contributed by atoms with Crippen LogP contribution in [-0.2, 0) is 4.74 Å². The van der Waals surface area contributed by atoms with Gasteiger partial charge in [0.1, 0.15) is 0 Å². The van der Waals surface area contributed by atoms with Crippen molar-refractivity contribution in [3.8, 4) is 0 Å². The maximum atomic E-state index is 10.1. The van der Waals surface area contributed by atoms with Gasteiger partial charge in [0.05, 0.1) is 28.9 Å². The number of thioether (sulfide) groups is 1. The van der Waals surface area contributed by atoms with Crippen molar-refractivity contribution in [2.45, 2.75) is 40.8 Å². The Labute approximate surface area is 110 Å². The lowest BCUT2D eigenvalue weighted by Gasteiger charge is -2.30. The summed E-state index contributed by atoms with van der Waals surface area (Å²) in [5.41, 5.74) is 0. The summed E-state index contributed by atoms with van der Waals surface area (Å²) in [6, 6.07) is 10.2. The summed E-state index contributed by atoms with van der Waals surface area (Å²) in [5.74, 6) is 0.148. The molecule has 92 valence electrons. The van der Waals surface area contributed by atoms with Crippen molar-refractivity contribution in [3.05, 3.63) is 30.3 Å². The smallest absolute Gasteiger partial charge is 0.0979 e. The van der Waals surface area contributed by atoms with Crippen LogP contribution in [0, 0.1) is 5.92 Å². The zero-order chi connectivity index (χ0) is 12.0. The monoisotopic (exact) mass is 270 g/mol. The molecule has 0 aromatic heterocycles. The second-order valence-corrected chi connectivity index (χ2v) is 6.51. The Balaban J connectivity index is 1.77. The molecule has 4 heteroatoms. The van der Waals surface area contributed by atoms with Gasteiger partial charge < -0.3 is 9.84 Å². The molecule has 6 atom stereocenters. The van der Waals surface area contributed by atoms with Crippen molar-refractivity contribution in [3.63, 3.8) is 0 Å². The highest BCUT2D eigenvalue weighted by Crippen LogP contribution is 2.48. The van der Waals surface area contributed by atoms with Crippen molar-refractivity contribution in [2.75, 3.05) is 0 Å². The molecule has 3 rings (SSSR count). The molecule has 1 N–H and O–H groups in total. The first-order valence-corrected chi connectivity index (χ1v) is 7.19. The largest absolute Gasteiger partial charge is 0.390 e. The van der Waals surface area contributed by atoms with Gasteiger partial charge in [0, 0.05) is 10.8 Å². The lowest BCUT2D eigenvalue weighted by Crippen LogP contribution is -2.44. The topological polar surface area (TPSA) is 29.5 Å². The van der Waals surface area contributed by atoms with Crippen molar-refractivity contribution in [2.24, 2.45) is 5.92 Å². The van der Waals surface area contributed by atoms with E-state index in [1.807, 2.05) is 25.1 Å². The lowest BCUT2D eigenvalue weighted by atomic mass is 9.87. The van der Waals surface area contributed by atoms with Crippen LogP contribution in [-0.4, -0.2) is 34.0 Å². The first-order chi connectivity index (χ1) is 8.18. The number of halogens is 1. The predicted molar refractivity (Wildman–Crippen MR) is 69.6 cm³/mol. The molecule has 2 heterocycles. The minimum absolute atomic E-state index is 0.00196. The SMILES string of the molecule is C[C@@H]1[C@@H](O)[C@@H]2O[C@H]1[C@H](Cl)[C@H]2Sc1ccccc1. The molecule has 2 aliphatic rings. The van der Waals surface area contributed by atoms with Gasteiger partial charge >= 0.3 is 0 Å². The van der Waals surface area contributed by atoms with E-state index in [-0.39, 0.29) is 34.9 Å². The normalized spacial score (nSPS) is 44.2. The van der Waals surface area contributed by atoms with Gasteiger partial charge in [-0.15, -0.1) is 23.4 Å². The van der Waals surface area contributed by atoms with Gasteiger partial charge in [-0.1, -0.05) is 25.1 Å². The van der Waals surface area contributed by atoms with Gasteiger partial charge in [-0.05, 0) is 12.1 Å². The first-order valence-electron chi connectivity index (χ1n) is 5.88. The third kappa shape index (κ3) is 1.89. The van der Waals surface area contributed by atoms with E-state index in [0.717, 1.165) is 0 Å². The Kier molecular flexibility index (Phi) is 3.11. The molecule has 0 radical (unpaired) electrons. The molecule has 0 saturated carbocycles. The van der Waals surface area contributed by atoms with E-state index in [4.69, 9.17) is 16.3 Å². The number of hydrogen-bond acceptors (Lipinski definition) is 3. The van der Waals surface area contributed by atoms with Gasteiger partial charge in [0.2, 0.25) is 0 Å². The van der Waals surface area contributed by atoms with Crippen molar-refractivity contribution in [1.82, 2.24) is 0 Å². The lowest BCUT2D eigenvalue weighted by molar-refractivity contribution is 0.0541. The number of rotatable bonds is 2. The molecule has 2 aliphatic heterocycles. The summed E-state index contributed by atoms with van der Waals surface area (Å²) in [4.78, 5) is 1.18. The average molecular weight is 271 g/mol. The molecule has 2 fully saturated rings. The van der Waals surface area contributed by atoms with Crippen LogP contribution in [0.3, 0.4) is 0 Å². The standard InChI is InChI=1S/C13H15ClO2S/c1-7-10(15)12-13(9(14)11(7)16-12)17-8-5-3-2-4-6-8/h2-7,9-13,15H,1H3/t7-,9+,10-,11-,12+,13-/m1/s1. The average Bonchev–Trinajstić information content (AvgIpc) is 2.80. The Morgan fingerprint density at radius 2 is 1.94 bits per heavy atom. The van der Waals surface area contributed by atoms with Crippen LogP contribution in [0.1, 0.15) is 6.92 Å². The van der Waals surface area contributed by atoms with E-state index >= 15 is 0 Å². The van der Waals surface area contributed by atoms with Gasteiger partial charge in [0.25, 0.3) is 0 Å². The highest BCUT2D eigenvalue weighted by Gasteiger charge is 2.57. The second kappa shape index (κ2) is 4.47. The van der Waals surface area contributed by atoms with E-state index in [2.05, 4.69) is 12.1 Å². The summed E-state index contributed by atoms with van der Waals surface area (Å²) >= 11 is 8.14. The minimum atomic E-state index is -0.379. The third-order valence-corrected chi connectivity index (χ3v) is 5.72. The summed E-state index contributed by atoms with van der Waals surface area (Å²) in [6.07, 6.45) is -0.503. The zero-order valence-corrected chi connectivity index (χ0v) is 11.1. The highest BCUT2D eigenvalue weighted by molar-refractivity contribution is 8.00. The molecule has 17 heavy (non-hydrogen) atoms. The number of aliphatic hydroxyl groups is 1. The molecule has 0 amide bonds. The maximum absolute atomic E-state index is 10.1. The molecular formula is C13H15ClO2S. The van der Waals surface area contributed by atoms with E-state index in [1.165, 1.54) is 4.90 Å². The van der Waals surface area contributed by atoms with Gasteiger partial charge in [0.15, 0.2) is 0 Å². The molecule has 2 saturated heterocycles. The summed E-state index contributed by atoms with van der Waals surface area (Å²) in [7, 11) is 0. The summed E-state index contributed by atoms with van der Waals surface area (Å²) in [5, 5.41) is 10.2. The third-order valence-electron chi connectivity index (χ3n) is 3.67.